The van der Waals surface area contributed by atoms with Gasteiger partial charge >= 0.3 is 0 Å². The number of carbonyl (C=O) groups excluding carboxylic acids is 2. The zero-order valence-corrected chi connectivity index (χ0v) is 22.9. The summed E-state index contributed by atoms with van der Waals surface area (Å²) in [4.78, 5) is 30.2. The van der Waals surface area contributed by atoms with Gasteiger partial charge in [0.25, 0.3) is 5.91 Å². The highest BCUT2D eigenvalue weighted by Gasteiger charge is 2.34. The van der Waals surface area contributed by atoms with E-state index >= 15 is 0 Å². The largest absolute Gasteiger partial charge is 0.497 e. The molecule has 1 aliphatic rings. The Bertz CT molecular complexity index is 1420. The van der Waals surface area contributed by atoms with E-state index < -0.39 is 11.9 Å². The Labute approximate surface area is 237 Å². The van der Waals surface area contributed by atoms with E-state index in [0.717, 1.165) is 24.0 Å². The van der Waals surface area contributed by atoms with Crippen LogP contribution in [0.15, 0.2) is 71.3 Å². The molecule has 0 aliphatic carbocycles. The normalized spacial score (nSPS) is 15.3. The minimum atomic E-state index is -1.04. The lowest BCUT2D eigenvalue weighted by molar-refractivity contribution is -0.143. The van der Waals surface area contributed by atoms with E-state index in [4.69, 9.17) is 18.6 Å². The van der Waals surface area contributed by atoms with Crippen molar-refractivity contribution in [3.63, 3.8) is 0 Å². The molecule has 12 nitrogen and oxygen atoms in total. The summed E-state index contributed by atoms with van der Waals surface area (Å²) in [5.74, 6) is 1.31. The van der Waals surface area contributed by atoms with Gasteiger partial charge in [-0.05, 0) is 72.1 Å². The van der Waals surface area contributed by atoms with Crippen molar-refractivity contribution < 1.29 is 28.2 Å². The molecule has 2 amide bonds. The lowest BCUT2D eigenvalue weighted by Gasteiger charge is -2.30. The van der Waals surface area contributed by atoms with E-state index in [1.807, 2.05) is 24.3 Å². The molecule has 1 saturated heterocycles. The third-order valence-corrected chi connectivity index (χ3v) is 6.81. The van der Waals surface area contributed by atoms with E-state index in [1.165, 1.54) is 16.0 Å². The monoisotopic (exact) mass is 560 g/mol. The van der Waals surface area contributed by atoms with Crippen molar-refractivity contribution >= 4 is 11.8 Å². The molecule has 0 unspecified atom stereocenters. The Kier molecular flexibility index (Phi) is 8.89. The van der Waals surface area contributed by atoms with Gasteiger partial charge in [0.05, 0.1) is 26.6 Å². The Morgan fingerprint density at radius 3 is 2.44 bits per heavy atom. The Balaban J connectivity index is 1.40. The van der Waals surface area contributed by atoms with Crippen molar-refractivity contribution in [2.45, 2.75) is 38.1 Å². The second-order valence-electron chi connectivity index (χ2n) is 9.54. The standard InChI is InChI=1S/C29H32N6O6/c1-38-22-11-7-20(8-12-22)18-34(27(25-6-4-16-41-25)29(37)30-17-24-5-3-15-40-24)26(36)19-35-32-28(31-33-35)21-9-13-23(39-2)14-10-21/h4,6-14,16,24,27H,3,5,15,17-19H2,1-2H3,(H,30,37)/t24-,27+/m1/s1. The van der Waals surface area contributed by atoms with E-state index in [-0.39, 0.29) is 25.1 Å². The van der Waals surface area contributed by atoms with Gasteiger partial charge in [0, 0.05) is 25.3 Å². The van der Waals surface area contributed by atoms with E-state index in [1.54, 1.807) is 50.6 Å². The number of hydrogen-bond acceptors (Lipinski definition) is 9. The molecule has 0 radical (unpaired) electrons. The molecule has 2 aromatic carbocycles. The van der Waals surface area contributed by atoms with Crippen molar-refractivity contribution in [2.24, 2.45) is 0 Å². The van der Waals surface area contributed by atoms with Crippen LogP contribution in [0.25, 0.3) is 11.4 Å². The minimum Gasteiger partial charge on any atom is -0.497 e. The van der Waals surface area contributed by atoms with E-state index in [2.05, 4.69) is 20.7 Å². The fourth-order valence-corrected chi connectivity index (χ4v) is 4.62. The topological polar surface area (TPSA) is 134 Å². The average Bonchev–Trinajstić information content (AvgIpc) is 3.80. The highest BCUT2D eigenvalue weighted by atomic mass is 16.5. The van der Waals surface area contributed by atoms with Gasteiger partial charge in [0.1, 0.15) is 23.8 Å². The second kappa shape index (κ2) is 13.1. The third kappa shape index (κ3) is 6.90. The molecule has 214 valence electrons. The molecular formula is C29H32N6O6. The minimum absolute atomic E-state index is 0.0577. The number of rotatable bonds is 12. The summed E-state index contributed by atoms with van der Waals surface area (Å²) < 4.78 is 21.8. The number of carbonyl (C=O) groups is 2. The predicted molar refractivity (Wildman–Crippen MR) is 147 cm³/mol. The highest BCUT2D eigenvalue weighted by molar-refractivity contribution is 5.88. The zero-order chi connectivity index (χ0) is 28.6. The average molecular weight is 561 g/mol. The van der Waals surface area contributed by atoms with Gasteiger partial charge in [-0.15, -0.1) is 10.2 Å². The van der Waals surface area contributed by atoms with Crippen LogP contribution in [0.3, 0.4) is 0 Å². The number of methoxy groups -OCH3 is 2. The van der Waals surface area contributed by atoms with Gasteiger partial charge in [-0.2, -0.15) is 4.80 Å². The molecular weight excluding hydrogens is 528 g/mol. The van der Waals surface area contributed by atoms with Crippen molar-refractivity contribution in [2.75, 3.05) is 27.4 Å². The summed E-state index contributed by atoms with van der Waals surface area (Å²) >= 11 is 0. The van der Waals surface area contributed by atoms with Crippen LogP contribution >= 0.6 is 0 Å². The maximum Gasteiger partial charge on any atom is 0.250 e. The number of hydrogen-bond donors (Lipinski definition) is 1. The summed E-state index contributed by atoms with van der Waals surface area (Å²) in [6, 6.07) is 16.8. The molecule has 1 fully saturated rings. The molecule has 5 rings (SSSR count). The van der Waals surface area contributed by atoms with Crippen molar-refractivity contribution in [1.29, 1.82) is 0 Å². The SMILES string of the molecule is COc1ccc(CN(C(=O)Cn2nnc(-c3ccc(OC)cc3)n2)[C@H](C(=O)NC[C@H]2CCCO2)c2ccco2)cc1. The number of furan rings is 1. The summed E-state index contributed by atoms with van der Waals surface area (Å²) in [5, 5.41) is 15.5. The van der Waals surface area contributed by atoms with Crippen molar-refractivity contribution in [3.05, 3.63) is 78.3 Å². The molecule has 3 heterocycles. The van der Waals surface area contributed by atoms with Crippen LogP contribution in [0.2, 0.25) is 0 Å². The quantitative estimate of drug-likeness (QED) is 0.277. The number of aromatic nitrogens is 4. The lowest BCUT2D eigenvalue weighted by atomic mass is 10.1. The lowest BCUT2D eigenvalue weighted by Crippen LogP contribution is -2.46. The molecule has 0 saturated carbocycles. The van der Waals surface area contributed by atoms with Crippen LogP contribution in [-0.2, 0) is 27.4 Å². The molecule has 1 aliphatic heterocycles. The van der Waals surface area contributed by atoms with Crippen LogP contribution in [0.5, 0.6) is 11.5 Å². The predicted octanol–water partition coefficient (Wildman–Crippen LogP) is 3.02. The fourth-order valence-electron chi connectivity index (χ4n) is 4.62. The molecule has 4 aromatic rings. The summed E-state index contributed by atoms with van der Waals surface area (Å²) in [6.07, 6.45) is 3.24. The molecule has 0 bridgehead atoms. The van der Waals surface area contributed by atoms with Crippen molar-refractivity contribution in [3.8, 4) is 22.9 Å². The Hall–Kier alpha value is -4.71. The van der Waals surface area contributed by atoms with Gasteiger partial charge in [-0.1, -0.05) is 12.1 Å². The number of nitrogens with zero attached hydrogens (tertiary/aromatic N) is 5. The molecule has 1 N–H and O–H groups in total. The molecule has 41 heavy (non-hydrogen) atoms. The van der Waals surface area contributed by atoms with Crippen LogP contribution < -0.4 is 14.8 Å². The van der Waals surface area contributed by atoms with Crippen LogP contribution in [-0.4, -0.2) is 70.4 Å². The Morgan fingerprint density at radius 2 is 1.80 bits per heavy atom. The number of nitrogens with one attached hydrogen (secondary N) is 1. The van der Waals surface area contributed by atoms with Gasteiger partial charge in [-0.3, -0.25) is 9.59 Å². The summed E-state index contributed by atoms with van der Waals surface area (Å²) in [6.45, 7) is 0.904. The Morgan fingerprint density at radius 1 is 1.07 bits per heavy atom. The summed E-state index contributed by atoms with van der Waals surface area (Å²) in [5.41, 5.74) is 1.52. The van der Waals surface area contributed by atoms with Gasteiger partial charge < -0.3 is 28.8 Å². The first kappa shape index (κ1) is 27.8. The summed E-state index contributed by atoms with van der Waals surface area (Å²) in [7, 11) is 3.17. The smallest absolute Gasteiger partial charge is 0.250 e. The maximum absolute atomic E-state index is 13.9. The van der Waals surface area contributed by atoms with Gasteiger partial charge in [0.15, 0.2) is 6.04 Å². The number of amides is 2. The molecule has 12 heteroatoms. The second-order valence-corrected chi connectivity index (χ2v) is 9.54. The fraction of sp³-hybridized carbons (Fsp3) is 0.345. The highest BCUT2D eigenvalue weighted by Crippen LogP contribution is 2.26. The first-order valence-electron chi connectivity index (χ1n) is 13.3. The molecule has 0 spiro atoms. The van der Waals surface area contributed by atoms with Crippen LogP contribution in [0.1, 0.15) is 30.2 Å². The van der Waals surface area contributed by atoms with Gasteiger partial charge in [-0.25, -0.2) is 0 Å². The first-order chi connectivity index (χ1) is 20.0. The first-order valence-corrected chi connectivity index (χ1v) is 13.3. The van der Waals surface area contributed by atoms with Crippen LogP contribution in [0, 0.1) is 0 Å². The zero-order valence-electron chi connectivity index (χ0n) is 22.9. The molecule has 2 aromatic heterocycles. The number of tetrazole rings is 1. The number of ether oxygens (including phenoxy) is 3. The molecule has 2 atom stereocenters. The number of benzene rings is 2. The van der Waals surface area contributed by atoms with Crippen molar-refractivity contribution in [1.82, 2.24) is 30.4 Å². The maximum atomic E-state index is 13.9. The van der Waals surface area contributed by atoms with E-state index in [0.29, 0.717) is 36.2 Å². The van der Waals surface area contributed by atoms with Gasteiger partial charge in [0.2, 0.25) is 11.7 Å². The third-order valence-electron chi connectivity index (χ3n) is 6.81. The van der Waals surface area contributed by atoms with Crippen LogP contribution in [0.4, 0.5) is 0 Å². The van der Waals surface area contributed by atoms with E-state index in [9.17, 15) is 9.59 Å².